The summed E-state index contributed by atoms with van der Waals surface area (Å²) in [7, 11) is 1.58. The Labute approximate surface area is 225 Å². The normalized spacial score (nSPS) is 18.2. The topological polar surface area (TPSA) is 107 Å². The molecule has 2 atom stereocenters. The van der Waals surface area contributed by atoms with Crippen LogP contribution in [0.5, 0.6) is 11.5 Å². The van der Waals surface area contributed by atoms with Gasteiger partial charge < -0.3 is 23.2 Å². The fourth-order valence-corrected chi connectivity index (χ4v) is 5.19. The molecule has 10 nitrogen and oxygen atoms in total. The van der Waals surface area contributed by atoms with Gasteiger partial charge in [-0.05, 0) is 18.6 Å². The predicted octanol–water partition coefficient (Wildman–Crippen LogP) is 3.48. The van der Waals surface area contributed by atoms with E-state index in [2.05, 4.69) is 0 Å². The van der Waals surface area contributed by atoms with E-state index in [1.807, 2.05) is 35.3 Å². The second-order valence-electron chi connectivity index (χ2n) is 9.46. The Morgan fingerprint density at radius 1 is 1.02 bits per heavy atom. The van der Waals surface area contributed by atoms with E-state index >= 15 is 0 Å². The summed E-state index contributed by atoms with van der Waals surface area (Å²) in [4.78, 5) is 39.7. The van der Waals surface area contributed by atoms with Gasteiger partial charge in [-0.2, -0.15) is 0 Å². The Morgan fingerprint density at radius 2 is 1.77 bits per heavy atom. The lowest BCUT2D eigenvalue weighted by atomic mass is 9.95. The van der Waals surface area contributed by atoms with Crippen molar-refractivity contribution in [2.45, 2.75) is 32.2 Å². The first-order valence-corrected chi connectivity index (χ1v) is 12.4. The van der Waals surface area contributed by atoms with Crippen molar-refractivity contribution >= 4 is 5.91 Å². The standard InChI is InChI=1S/C28H23F2N3O7/c1-15-22(40-28(36)39-15)14-38-26-20(34)8-10-32-25(26)27(35)31(2)23-9-11-37-21-13-19(30)18(29)12-17(21)24(33(23)32)16-6-4-3-5-7-16/h3-8,10,12-13,23-24H,9,11,14H2,1-2H3/t23?,24-/m1/s1. The SMILES string of the molecule is Cc1oc(=O)oc1COc1c2n(ccc1=O)N1C(CCOc3cc(F)c(F)cc3[C@H]1c1ccccc1)N(C)C2=O. The Kier molecular flexibility index (Phi) is 6.16. The van der Waals surface area contributed by atoms with Crippen LogP contribution < -0.4 is 25.7 Å². The average Bonchev–Trinajstić information content (AvgIpc) is 3.26. The minimum Gasteiger partial charge on any atom is -0.493 e. The van der Waals surface area contributed by atoms with Gasteiger partial charge in [0.05, 0.1) is 6.61 Å². The molecule has 1 amide bonds. The molecule has 0 bridgehead atoms. The van der Waals surface area contributed by atoms with E-state index in [-0.39, 0.29) is 41.9 Å². The zero-order valence-corrected chi connectivity index (χ0v) is 21.4. The van der Waals surface area contributed by atoms with Crippen molar-refractivity contribution in [1.82, 2.24) is 9.58 Å². The maximum atomic E-state index is 14.7. The highest BCUT2D eigenvalue weighted by atomic mass is 19.2. The van der Waals surface area contributed by atoms with E-state index in [0.29, 0.717) is 17.5 Å². The molecule has 0 radical (unpaired) electrons. The van der Waals surface area contributed by atoms with Gasteiger partial charge in [-0.25, -0.2) is 13.6 Å². The summed E-state index contributed by atoms with van der Waals surface area (Å²) in [6.07, 6.45) is 1.16. The number of fused-ring (bicyclic) bond motifs is 4. The third-order valence-electron chi connectivity index (χ3n) is 7.10. The molecule has 2 aromatic heterocycles. The third-order valence-corrected chi connectivity index (χ3v) is 7.10. The average molecular weight is 552 g/mol. The van der Waals surface area contributed by atoms with E-state index < -0.39 is 41.0 Å². The number of rotatable bonds is 4. The van der Waals surface area contributed by atoms with Gasteiger partial charge >= 0.3 is 5.82 Å². The summed E-state index contributed by atoms with van der Waals surface area (Å²) in [6.45, 7) is 1.27. The summed E-state index contributed by atoms with van der Waals surface area (Å²) in [5.74, 6) is -3.38. The highest BCUT2D eigenvalue weighted by molar-refractivity contribution is 5.96. The monoisotopic (exact) mass is 551 g/mol. The summed E-state index contributed by atoms with van der Waals surface area (Å²) in [6, 6.07) is 11.7. The summed E-state index contributed by atoms with van der Waals surface area (Å²) < 4.78 is 52.0. The first kappa shape index (κ1) is 25.4. The molecule has 0 N–H and O–H groups in total. The number of pyridine rings is 1. The first-order valence-electron chi connectivity index (χ1n) is 12.4. The Morgan fingerprint density at radius 3 is 2.50 bits per heavy atom. The van der Waals surface area contributed by atoms with Gasteiger partial charge in [-0.1, -0.05) is 30.3 Å². The second kappa shape index (κ2) is 9.70. The number of amides is 1. The van der Waals surface area contributed by atoms with E-state index in [1.54, 1.807) is 7.05 Å². The second-order valence-corrected chi connectivity index (χ2v) is 9.46. The molecule has 206 valence electrons. The fraction of sp³-hybridized carbons (Fsp3) is 0.250. The van der Waals surface area contributed by atoms with E-state index in [0.717, 1.165) is 12.1 Å². The molecule has 4 aromatic rings. The lowest BCUT2D eigenvalue weighted by molar-refractivity contribution is 0.0569. The summed E-state index contributed by atoms with van der Waals surface area (Å²) >= 11 is 0. The van der Waals surface area contributed by atoms with E-state index in [4.69, 9.17) is 18.3 Å². The molecule has 0 saturated heterocycles. The number of halogens is 2. The number of aromatic nitrogens is 1. The van der Waals surface area contributed by atoms with Gasteiger partial charge in [0.2, 0.25) is 5.43 Å². The maximum absolute atomic E-state index is 14.7. The molecule has 0 aliphatic carbocycles. The van der Waals surface area contributed by atoms with Crippen LogP contribution in [0, 0.1) is 18.6 Å². The number of aryl methyl sites for hydroxylation is 1. The number of hydrogen-bond donors (Lipinski definition) is 0. The van der Waals surface area contributed by atoms with Crippen LogP contribution in [0.25, 0.3) is 0 Å². The Balaban J connectivity index is 1.56. The molecule has 2 aromatic carbocycles. The zero-order valence-electron chi connectivity index (χ0n) is 21.4. The van der Waals surface area contributed by atoms with Gasteiger partial charge in [0, 0.05) is 37.4 Å². The molecule has 12 heteroatoms. The molecule has 0 saturated carbocycles. The first-order chi connectivity index (χ1) is 19.2. The third kappa shape index (κ3) is 4.12. The van der Waals surface area contributed by atoms with Crippen LogP contribution in [0.1, 0.15) is 45.6 Å². The van der Waals surface area contributed by atoms with Crippen LogP contribution in [-0.2, 0) is 6.61 Å². The zero-order chi connectivity index (χ0) is 28.1. The van der Waals surface area contributed by atoms with Crippen molar-refractivity contribution in [2.24, 2.45) is 0 Å². The van der Waals surface area contributed by atoms with E-state index in [1.165, 1.54) is 28.8 Å². The minimum absolute atomic E-state index is 0.0680. The molecule has 1 unspecified atom stereocenters. The highest BCUT2D eigenvalue weighted by Crippen LogP contribution is 2.41. The predicted molar refractivity (Wildman–Crippen MR) is 136 cm³/mol. The lowest BCUT2D eigenvalue weighted by Gasteiger charge is -2.50. The minimum atomic E-state index is -1.05. The molecular weight excluding hydrogens is 528 g/mol. The number of hydrogen-bond acceptors (Lipinski definition) is 8. The van der Waals surface area contributed by atoms with Gasteiger partial charge in [0.1, 0.15) is 24.6 Å². The fourth-order valence-electron chi connectivity index (χ4n) is 5.19. The molecule has 2 aliphatic rings. The van der Waals surface area contributed by atoms with Crippen LogP contribution in [-0.4, -0.2) is 35.3 Å². The molecule has 0 fully saturated rings. The number of carbonyl (C=O) groups is 1. The van der Waals surface area contributed by atoms with Gasteiger partial charge in [0.15, 0.2) is 34.6 Å². The molecule has 40 heavy (non-hydrogen) atoms. The number of carbonyl (C=O) groups excluding carboxylic acids is 1. The Hall–Kier alpha value is -4.87. The number of ether oxygens (including phenoxy) is 2. The van der Waals surface area contributed by atoms with Gasteiger partial charge in [0.25, 0.3) is 5.91 Å². The van der Waals surface area contributed by atoms with Crippen molar-refractivity contribution in [1.29, 1.82) is 0 Å². The molecule has 2 aliphatic heterocycles. The van der Waals surface area contributed by atoms with Crippen molar-refractivity contribution in [3.05, 3.63) is 116 Å². The highest BCUT2D eigenvalue weighted by Gasteiger charge is 2.43. The number of nitrogens with zero attached hydrogens (tertiary/aromatic N) is 3. The van der Waals surface area contributed by atoms with Crippen molar-refractivity contribution in [3.63, 3.8) is 0 Å². The maximum Gasteiger partial charge on any atom is 0.519 e. The van der Waals surface area contributed by atoms with Crippen molar-refractivity contribution in [3.8, 4) is 11.5 Å². The smallest absolute Gasteiger partial charge is 0.493 e. The molecule has 0 spiro atoms. The van der Waals surface area contributed by atoms with Crippen molar-refractivity contribution in [2.75, 3.05) is 18.7 Å². The van der Waals surface area contributed by atoms with E-state index in [9.17, 15) is 23.2 Å². The van der Waals surface area contributed by atoms with Crippen LogP contribution in [0.4, 0.5) is 8.78 Å². The summed E-state index contributed by atoms with van der Waals surface area (Å²) in [5.41, 5.74) is 0.382. The quantitative estimate of drug-likeness (QED) is 0.380. The van der Waals surface area contributed by atoms with Crippen LogP contribution >= 0.6 is 0 Å². The van der Waals surface area contributed by atoms with Crippen LogP contribution in [0.2, 0.25) is 0 Å². The van der Waals surface area contributed by atoms with Crippen LogP contribution in [0.3, 0.4) is 0 Å². The largest absolute Gasteiger partial charge is 0.519 e. The molecule has 4 heterocycles. The summed E-state index contributed by atoms with van der Waals surface area (Å²) in [5, 5.41) is 1.82. The van der Waals surface area contributed by atoms with Crippen molar-refractivity contribution < 1.29 is 31.9 Å². The Bertz CT molecular complexity index is 1730. The molecular formula is C28H23F2N3O7. The number of benzene rings is 2. The lowest BCUT2D eigenvalue weighted by Crippen LogP contribution is -2.62. The van der Waals surface area contributed by atoms with Gasteiger partial charge in [-0.3, -0.25) is 19.3 Å². The van der Waals surface area contributed by atoms with Gasteiger partial charge in [-0.15, -0.1) is 0 Å². The molecule has 6 rings (SSSR count). The van der Waals surface area contributed by atoms with Crippen LogP contribution in [0.15, 0.2) is 73.2 Å².